The number of rotatable bonds is 7. The van der Waals surface area contributed by atoms with E-state index >= 15 is 0 Å². The number of aromatic nitrogens is 4. The molecule has 0 aliphatic carbocycles. The van der Waals surface area contributed by atoms with Crippen LogP contribution in [-0.2, 0) is 0 Å². The summed E-state index contributed by atoms with van der Waals surface area (Å²) in [4.78, 5) is 14.8. The standard InChI is InChI=1S/C51H34N4/c1-4-14-35(15-5-1)41-32-42(34-43(33-41)37-28-30-44(31-29-37)55-47-22-12-10-20-45(47)46-21-11-13-23-48(46)55)36-24-26-40(27-25-36)51-53-49(38-16-6-2-7-17-38)52-50(54-51)39-18-8-3-9-19-39/h1-34H. The van der Waals surface area contributed by atoms with Gasteiger partial charge in [-0.15, -0.1) is 0 Å². The van der Waals surface area contributed by atoms with E-state index in [1.54, 1.807) is 0 Å². The van der Waals surface area contributed by atoms with Gasteiger partial charge in [0.2, 0.25) is 0 Å². The van der Waals surface area contributed by atoms with Gasteiger partial charge in [-0.2, -0.15) is 0 Å². The van der Waals surface area contributed by atoms with Crippen LogP contribution in [0.5, 0.6) is 0 Å². The van der Waals surface area contributed by atoms with E-state index in [2.05, 4.69) is 150 Å². The number of para-hydroxylation sites is 2. The quantitative estimate of drug-likeness (QED) is 0.166. The van der Waals surface area contributed by atoms with E-state index in [0.717, 1.165) is 44.6 Å². The Morgan fingerprint density at radius 1 is 0.255 bits per heavy atom. The Balaban J connectivity index is 1.04. The minimum atomic E-state index is 0.640. The molecule has 0 saturated heterocycles. The highest BCUT2D eigenvalue weighted by atomic mass is 15.0. The molecule has 0 aliphatic heterocycles. The second-order valence-corrected chi connectivity index (χ2v) is 13.7. The Hall–Kier alpha value is -7.43. The number of hydrogen-bond acceptors (Lipinski definition) is 3. The molecule has 0 bridgehead atoms. The molecule has 0 amide bonds. The second kappa shape index (κ2) is 13.8. The van der Waals surface area contributed by atoms with Crippen molar-refractivity contribution in [2.45, 2.75) is 0 Å². The molecule has 2 heterocycles. The zero-order chi connectivity index (χ0) is 36.6. The molecule has 0 saturated carbocycles. The molecule has 0 atom stereocenters. The van der Waals surface area contributed by atoms with Crippen molar-refractivity contribution in [3.05, 3.63) is 206 Å². The van der Waals surface area contributed by atoms with Crippen LogP contribution in [-0.4, -0.2) is 19.5 Å². The lowest BCUT2D eigenvalue weighted by atomic mass is 9.93. The van der Waals surface area contributed by atoms with Gasteiger partial charge in [0, 0.05) is 33.2 Å². The molecule has 4 heteroatoms. The smallest absolute Gasteiger partial charge is 0.164 e. The summed E-state index contributed by atoms with van der Waals surface area (Å²) in [5.41, 5.74) is 13.3. The van der Waals surface area contributed by atoms with Gasteiger partial charge in [0.05, 0.1) is 11.0 Å². The third kappa shape index (κ3) is 6.16. The Morgan fingerprint density at radius 2 is 0.564 bits per heavy atom. The third-order valence-electron chi connectivity index (χ3n) is 10.3. The Labute approximate surface area is 319 Å². The molecule has 0 N–H and O–H groups in total. The van der Waals surface area contributed by atoms with Gasteiger partial charge in [0.15, 0.2) is 17.5 Å². The van der Waals surface area contributed by atoms with E-state index in [4.69, 9.17) is 15.0 Å². The van der Waals surface area contributed by atoms with Crippen LogP contribution < -0.4 is 0 Å². The normalized spacial score (nSPS) is 11.3. The first-order valence-electron chi connectivity index (χ1n) is 18.5. The predicted molar refractivity (Wildman–Crippen MR) is 227 cm³/mol. The summed E-state index contributed by atoms with van der Waals surface area (Å²) in [5, 5.41) is 2.52. The van der Waals surface area contributed by atoms with Crippen molar-refractivity contribution in [2.75, 3.05) is 0 Å². The topological polar surface area (TPSA) is 43.6 Å². The van der Waals surface area contributed by atoms with Gasteiger partial charge in [-0.3, -0.25) is 0 Å². The van der Waals surface area contributed by atoms with Gasteiger partial charge in [-0.05, 0) is 75.8 Å². The highest BCUT2D eigenvalue weighted by Crippen LogP contribution is 2.36. The van der Waals surface area contributed by atoms with E-state index in [1.807, 2.05) is 60.7 Å². The monoisotopic (exact) mass is 702 g/mol. The number of hydrogen-bond donors (Lipinski definition) is 0. The van der Waals surface area contributed by atoms with Crippen molar-refractivity contribution in [2.24, 2.45) is 0 Å². The molecule has 0 radical (unpaired) electrons. The molecule has 0 spiro atoms. The van der Waals surface area contributed by atoms with Crippen molar-refractivity contribution in [1.29, 1.82) is 0 Å². The van der Waals surface area contributed by atoms with Crippen molar-refractivity contribution in [3.63, 3.8) is 0 Å². The van der Waals surface area contributed by atoms with E-state index in [0.29, 0.717) is 17.5 Å². The summed E-state index contributed by atoms with van der Waals surface area (Å²) in [5.74, 6) is 1.94. The SMILES string of the molecule is c1ccc(-c2cc(-c3ccc(-c4nc(-c5ccccc5)nc(-c5ccccc5)n4)cc3)cc(-c3ccc(-n4c5ccccc5c5ccccc54)cc3)c2)cc1. The summed E-state index contributed by atoms with van der Waals surface area (Å²) < 4.78 is 2.36. The molecule has 10 rings (SSSR count). The molecule has 0 aliphatic rings. The maximum absolute atomic E-state index is 4.94. The fourth-order valence-electron chi connectivity index (χ4n) is 7.51. The van der Waals surface area contributed by atoms with Crippen LogP contribution in [0, 0.1) is 0 Å². The number of benzene rings is 8. The van der Waals surface area contributed by atoms with Gasteiger partial charge in [-0.1, -0.05) is 164 Å². The Bertz CT molecular complexity index is 2820. The minimum Gasteiger partial charge on any atom is -0.309 e. The molecule has 8 aromatic carbocycles. The Kier molecular flexibility index (Phi) is 8.12. The average molecular weight is 703 g/mol. The maximum atomic E-state index is 4.94. The first-order chi connectivity index (χ1) is 27.2. The zero-order valence-corrected chi connectivity index (χ0v) is 29.9. The molecular weight excluding hydrogens is 669 g/mol. The molecule has 258 valence electrons. The highest BCUT2D eigenvalue weighted by Gasteiger charge is 2.15. The lowest BCUT2D eigenvalue weighted by Crippen LogP contribution is -2.00. The van der Waals surface area contributed by atoms with Crippen LogP contribution in [0.1, 0.15) is 0 Å². The predicted octanol–water partition coefficient (Wildman–Crippen LogP) is 13.0. The van der Waals surface area contributed by atoms with Crippen molar-refractivity contribution >= 4 is 21.8 Å². The average Bonchev–Trinajstić information content (AvgIpc) is 3.61. The summed E-state index contributed by atoms with van der Waals surface area (Å²) in [6, 6.07) is 72.4. The lowest BCUT2D eigenvalue weighted by Gasteiger charge is -2.13. The van der Waals surface area contributed by atoms with Crippen LogP contribution in [0.3, 0.4) is 0 Å². The fraction of sp³-hybridized carbons (Fsp3) is 0. The van der Waals surface area contributed by atoms with Crippen LogP contribution in [0.15, 0.2) is 206 Å². The Morgan fingerprint density at radius 3 is 1.00 bits per heavy atom. The van der Waals surface area contributed by atoms with Gasteiger partial charge in [-0.25, -0.2) is 15.0 Å². The van der Waals surface area contributed by atoms with E-state index < -0.39 is 0 Å². The van der Waals surface area contributed by atoms with Gasteiger partial charge in [0.1, 0.15) is 0 Å². The van der Waals surface area contributed by atoms with E-state index in [-0.39, 0.29) is 0 Å². The summed E-state index contributed by atoms with van der Waals surface area (Å²) in [6.45, 7) is 0. The van der Waals surface area contributed by atoms with E-state index in [1.165, 1.54) is 32.9 Å². The molecule has 0 unspecified atom stereocenters. The molecular formula is C51H34N4. The van der Waals surface area contributed by atoms with E-state index in [9.17, 15) is 0 Å². The lowest BCUT2D eigenvalue weighted by molar-refractivity contribution is 1.07. The minimum absolute atomic E-state index is 0.640. The van der Waals surface area contributed by atoms with Gasteiger partial charge >= 0.3 is 0 Å². The fourth-order valence-corrected chi connectivity index (χ4v) is 7.51. The first-order valence-corrected chi connectivity index (χ1v) is 18.5. The van der Waals surface area contributed by atoms with Crippen molar-refractivity contribution < 1.29 is 0 Å². The molecule has 0 fully saturated rings. The second-order valence-electron chi connectivity index (χ2n) is 13.7. The van der Waals surface area contributed by atoms with Crippen molar-refractivity contribution in [1.82, 2.24) is 19.5 Å². The molecule has 2 aromatic heterocycles. The van der Waals surface area contributed by atoms with Gasteiger partial charge in [0.25, 0.3) is 0 Å². The maximum Gasteiger partial charge on any atom is 0.164 e. The largest absolute Gasteiger partial charge is 0.309 e. The van der Waals surface area contributed by atoms with Crippen LogP contribution in [0.25, 0.3) is 95.0 Å². The molecule has 55 heavy (non-hydrogen) atoms. The van der Waals surface area contributed by atoms with Gasteiger partial charge < -0.3 is 4.57 Å². The summed E-state index contributed by atoms with van der Waals surface area (Å²) in [6.07, 6.45) is 0. The van der Waals surface area contributed by atoms with Crippen molar-refractivity contribution in [3.8, 4) is 73.2 Å². The summed E-state index contributed by atoms with van der Waals surface area (Å²) in [7, 11) is 0. The summed E-state index contributed by atoms with van der Waals surface area (Å²) >= 11 is 0. The molecule has 10 aromatic rings. The molecule has 4 nitrogen and oxygen atoms in total. The van der Waals surface area contributed by atoms with Crippen LogP contribution in [0.2, 0.25) is 0 Å². The first kappa shape index (κ1) is 32.2. The third-order valence-corrected chi connectivity index (χ3v) is 10.3. The van der Waals surface area contributed by atoms with Crippen LogP contribution in [0.4, 0.5) is 0 Å². The zero-order valence-electron chi connectivity index (χ0n) is 29.9. The number of nitrogens with zero attached hydrogens (tertiary/aromatic N) is 4. The van der Waals surface area contributed by atoms with Crippen LogP contribution >= 0.6 is 0 Å². The number of fused-ring (bicyclic) bond motifs is 3. The highest BCUT2D eigenvalue weighted by molar-refractivity contribution is 6.09.